The van der Waals surface area contributed by atoms with Gasteiger partial charge in [0.15, 0.2) is 0 Å². The van der Waals surface area contributed by atoms with E-state index in [1.54, 1.807) is 25.9 Å². The quantitative estimate of drug-likeness (QED) is 0.507. The van der Waals surface area contributed by atoms with Crippen molar-refractivity contribution in [2.75, 3.05) is 33.1 Å². The van der Waals surface area contributed by atoms with Gasteiger partial charge in [0.2, 0.25) is 0 Å². The Morgan fingerprint density at radius 2 is 2.18 bits per heavy atom. The van der Waals surface area contributed by atoms with Gasteiger partial charge in [-0.15, -0.1) is 0 Å². The molecule has 0 saturated heterocycles. The van der Waals surface area contributed by atoms with E-state index in [9.17, 15) is 4.79 Å². The number of hydrogen-bond acceptors (Lipinski definition) is 5. The van der Waals surface area contributed by atoms with Crippen LogP contribution >= 0.6 is 11.8 Å². The van der Waals surface area contributed by atoms with Crippen LogP contribution in [0, 0.1) is 0 Å². The van der Waals surface area contributed by atoms with E-state index in [-0.39, 0.29) is 5.97 Å². The normalized spacial score (nSPS) is 16.3. The number of thioether (sulfide) groups is 1. The summed E-state index contributed by atoms with van der Waals surface area (Å²) in [4.78, 5) is 11.8. The van der Waals surface area contributed by atoms with Gasteiger partial charge in [0, 0.05) is 18.1 Å². The summed E-state index contributed by atoms with van der Waals surface area (Å²) >= 11 is 1.81. The molecule has 17 heavy (non-hydrogen) atoms. The van der Waals surface area contributed by atoms with Gasteiger partial charge >= 0.3 is 5.97 Å². The minimum Gasteiger partial charge on any atom is -0.465 e. The van der Waals surface area contributed by atoms with Crippen LogP contribution in [0.5, 0.6) is 0 Å². The van der Waals surface area contributed by atoms with Crippen LogP contribution < -0.4 is 5.32 Å². The molecule has 0 amide bonds. The fourth-order valence-corrected chi connectivity index (χ4v) is 2.66. The van der Waals surface area contributed by atoms with E-state index in [0.29, 0.717) is 11.9 Å². The number of carbonyl (C=O) groups is 1. The van der Waals surface area contributed by atoms with Gasteiger partial charge in [-0.25, -0.2) is 0 Å². The molecule has 0 rings (SSSR count). The lowest BCUT2D eigenvalue weighted by Crippen LogP contribution is -2.50. The van der Waals surface area contributed by atoms with Crippen LogP contribution in [-0.4, -0.2) is 49.9 Å². The van der Waals surface area contributed by atoms with Crippen molar-refractivity contribution in [3.8, 4) is 0 Å². The number of carbonyl (C=O) groups excluding carboxylic acids is 1. The third-order valence-corrected chi connectivity index (χ3v) is 3.80. The van der Waals surface area contributed by atoms with E-state index in [1.165, 1.54) is 0 Å². The molecule has 0 bridgehead atoms. The summed E-state index contributed by atoms with van der Waals surface area (Å²) in [5, 5.41) is 3.45. The summed E-state index contributed by atoms with van der Waals surface area (Å²) in [5.74, 6) is 0.766. The minimum atomic E-state index is -0.602. The van der Waals surface area contributed by atoms with Gasteiger partial charge in [0.05, 0.1) is 13.2 Å². The summed E-state index contributed by atoms with van der Waals surface area (Å²) in [6.07, 6.45) is 0.747. The van der Waals surface area contributed by atoms with E-state index in [2.05, 4.69) is 12.2 Å². The molecule has 0 aliphatic heterocycles. The lowest BCUT2D eigenvalue weighted by Gasteiger charge is -2.29. The second kappa shape index (κ2) is 8.78. The predicted molar refractivity (Wildman–Crippen MR) is 72.5 cm³/mol. The van der Waals surface area contributed by atoms with E-state index >= 15 is 0 Å². The summed E-state index contributed by atoms with van der Waals surface area (Å²) in [6, 6.07) is 0. The number of rotatable bonds is 9. The van der Waals surface area contributed by atoms with Gasteiger partial charge in [0.25, 0.3) is 0 Å². The van der Waals surface area contributed by atoms with Crippen LogP contribution in [0.2, 0.25) is 0 Å². The Morgan fingerprint density at radius 3 is 2.65 bits per heavy atom. The maximum Gasteiger partial charge on any atom is 0.326 e. The number of methoxy groups -OCH3 is 1. The van der Waals surface area contributed by atoms with Crippen molar-refractivity contribution in [2.45, 2.75) is 38.0 Å². The van der Waals surface area contributed by atoms with Crippen molar-refractivity contribution >= 4 is 17.7 Å². The van der Waals surface area contributed by atoms with Crippen LogP contribution in [0.15, 0.2) is 0 Å². The average Bonchev–Trinajstić information content (AvgIpc) is 2.29. The standard InChI is InChI=1S/C12H25NO3S/c1-6-16-11(14)12(3,13-4)9-10(2)17-8-7-15-5/h10,13H,6-9H2,1-5H3. The number of esters is 1. The fourth-order valence-electron chi connectivity index (χ4n) is 1.54. The number of nitrogens with one attached hydrogen (secondary N) is 1. The molecule has 0 heterocycles. The highest BCUT2D eigenvalue weighted by Gasteiger charge is 2.34. The molecule has 0 spiro atoms. The smallest absolute Gasteiger partial charge is 0.326 e. The van der Waals surface area contributed by atoms with Gasteiger partial charge in [-0.1, -0.05) is 6.92 Å². The van der Waals surface area contributed by atoms with Crippen molar-refractivity contribution in [1.82, 2.24) is 5.32 Å². The van der Waals surface area contributed by atoms with E-state index < -0.39 is 5.54 Å². The number of ether oxygens (including phenoxy) is 2. The highest BCUT2D eigenvalue weighted by molar-refractivity contribution is 7.99. The molecule has 0 aliphatic rings. The van der Waals surface area contributed by atoms with Crippen LogP contribution in [0.1, 0.15) is 27.2 Å². The molecule has 102 valence electrons. The Kier molecular flexibility index (Phi) is 8.64. The molecule has 5 heteroatoms. The first kappa shape index (κ1) is 16.7. The zero-order valence-electron chi connectivity index (χ0n) is 11.5. The van der Waals surface area contributed by atoms with Crippen molar-refractivity contribution in [1.29, 1.82) is 0 Å². The summed E-state index contributed by atoms with van der Waals surface area (Å²) < 4.78 is 10.1. The average molecular weight is 263 g/mol. The van der Waals surface area contributed by atoms with E-state index in [4.69, 9.17) is 9.47 Å². The Balaban J connectivity index is 4.21. The third kappa shape index (κ3) is 6.29. The minimum absolute atomic E-state index is 0.179. The largest absolute Gasteiger partial charge is 0.465 e. The van der Waals surface area contributed by atoms with Gasteiger partial charge in [-0.3, -0.25) is 4.79 Å². The SMILES string of the molecule is CCOC(=O)C(C)(CC(C)SCCOC)NC. The third-order valence-electron chi connectivity index (χ3n) is 2.66. The van der Waals surface area contributed by atoms with Crippen molar-refractivity contribution in [2.24, 2.45) is 0 Å². The van der Waals surface area contributed by atoms with Crippen LogP contribution in [0.25, 0.3) is 0 Å². The first-order valence-corrected chi connectivity index (χ1v) is 7.01. The predicted octanol–water partition coefficient (Wildman–Crippen LogP) is 1.69. The van der Waals surface area contributed by atoms with Crippen LogP contribution in [-0.2, 0) is 14.3 Å². The summed E-state index contributed by atoms with van der Waals surface area (Å²) in [6.45, 7) is 6.99. The zero-order chi connectivity index (χ0) is 13.3. The van der Waals surface area contributed by atoms with Crippen molar-refractivity contribution in [3.05, 3.63) is 0 Å². The highest BCUT2D eigenvalue weighted by atomic mass is 32.2. The molecule has 2 unspecified atom stereocenters. The summed E-state index contributed by atoms with van der Waals surface area (Å²) in [7, 11) is 3.49. The van der Waals surface area contributed by atoms with E-state index in [1.807, 2.05) is 13.8 Å². The molecule has 2 atom stereocenters. The number of likely N-dealkylation sites (N-methyl/N-ethyl adjacent to an activating group) is 1. The second-order valence-corrected chi connectivity index (χ2v) is 5.73. The molecule has 0 aliphatic carbocycles. The maximum atomic E-state index is 11.8. The highest BCUT2D eigenvalue weighted by Crippen LogP contribution is 2.22. The molecular formula is C12H25NO3S. The van der Waals surface area contributed by atoms with Crippen molar-refractivity contribution < 1.29 is 14.3 Å². The Labute approximate surface area is 109 Å². The van der Waals surface area contributed by atoms with Gasteiger partial charge in [-0.2, -0.15) is 11.8 Å². The molecular weight excluding hydrogens is 238 g/mol. The molecule has 0 radical (unpaired) electrons. The van der Waals surface area contributed by atoms with Gasteiger partial charge in [-0.05, 0) is 27.3 Å². The first-order chi connectivity index (χ1) is 8.00. The Hall–Kier alpha value is -0.260. The van der Waals surface area contributed by atoms with Crippen molar-refractivity contribution in [3.63, 3.8) is 0 Å². The van der Waals surface area contributed by atoms with Crippen LogP contribution in [0.3, 0.4) is 0 Å². The Bertz CT molecular complexity index is 226. The maximum absolute atomic E-state index is 11.8. The summed E-state index contributed by atoms with van der Waals surface area (Å²) in [5.41, 5.74) is -0.602. The zero-order valence-corrected chi connectivity index (χ0v) is 12.4. The fraction of sp³-hybridized carbons (Fsp3) is 0.917. The molecule has 0 aromatic carbocycles. The molecule has 0 aromatic heterocycles. The molecule has 1 N–H and O–H groups in total. The lowest BCUT2D eigenvalue weighted by atomic mass is 9.96. The van der Waals surface area contributed by atoms with Gasteiger partial charge in [0.1, 0.15) is 5.54 Å². The monoisotopic (exact) mass is 263 g/mol. The van der Waals surface area contributed by atoms with Gasteiger partial charge < -0.3 is 14.8 Å². The van der Waals surface area contributed by atoms with Crippen LogP contribution in [0.4, 0.5) is 0 Å². The second-order valence-electron chi connectivity index (χ2n) is 4.18. The molecule has 4 nitrogen and oxygen atoms in total. The number of hydrogen-bond donors (Lipinski definition) is 1. The lowest BCUT2D eigenvalue weighted by molar-refractivity contribution is -0.150. The topological polar surface area (TPSA) is 47.6 Å². The molecule has 0 fully saturated rings. The van der Waals surface area contributed by atoms with E-state index in [0.717, 1.165) is 18.8 Å². The molecule has 0 aromatic rings. The first-order valence-electron chi connectivity index (χ1n) is 5.96. The Morgan fingerprint density at radius 1 is 1.53 bits per heavy atom. The molecule has 0 saturated carbocycles.